The number of hydrogen-bond acceptors (Lipinski definition) is 2. The third-order valence-electron chi connectivity index (χ3n) is 3.50. The van der Waals surface area contributed by atoms with E-state index in [1.807, 2.05) is 0 Å². The summed E-state index contributed by atoms with van der Waals surface area (Å²) in [4.78, 5) is 0. The monoisotopic (exact) mass is 190 g/mol. The van der Waals surface area contributed by atoms with E-state index in [-0.39, 0.29) is 0 Å². The Kier molecular flexibility index (Phi) is 2.16. The highest BCUT2D eigenvalue weighted by atomic mass is 16.5. The second kappa shape index (κ2) is 3.11. The van der Waals surface area contributed by atoms with Crippen molar-refractivity contribution in [2.75, 3.05) is 0 Å². The van der Waals surface area contributed by atoms with E-state index in [2.05, 4.69) is 27.7 Å². The SMILES string of the molecule is Cc1c(C)c(C)c2c(c1C)COB2O. The minimum atomic E-state index is -0.719. The van der Waals surface area contributed by atoms with Crippen molar-refractivity contribution in [1.82, 2.24) is 0 Å². The summed E-state index contributed by atoms with van der Waals surface area (Å²) in [6.07, 6.45) is 0. The minimum Gasteiger partial charge on any atom is -0.423 e. The molecule has 14 heavy (non-hydrogen) atoms. The lowest BCUT2D eigenvalue weighted by Gasteiger charge is -2.14. The highest BCUT2D eigenvalue weighted by Crippen LogP contribution is 2.23. The first-order valence-electron chi connectivity index (χ1n) is 4.92. The lowest BCUT2D eigenvalue weighted by molar-refractivity contribution is 0.275. The Morgan fingerprint density at radius 1 is 1.00 bits per heavy atom. The normalized spacial score (nSPS) is 14.8. The molecular formula is C11H15BO2. The number of benzene rings is 1. The van der Waals surface area contributed by atoms with Gasteiger partial charge in [-0.25, -0.2) is 0 Å². The summed E-state index contributed by atoms with van der Waals surface area (Å²) in [5.74, 6) is 0. The number of fused-ring (bicyclic) bond motifs is 1. The molecule has 0 radical (unpaired) electrons. The largest absolute Gasteiger partial charge is 0.492 e. The minimum absolute atomic E-state index is 0.546. The van der Waals surface area contributed by atoms with E-state index < -0.39 is 7.12 Å². The summed E-state index contributed by atoms with van der Waals surface area (Å²) in [6, 6.07) is 0. The molecule has 0 saturated carbocycles. The first kappa shape index (κ1) is 9.75. The van der Waals surface area contributed by atoms with Crippen LogP contribution in [0.15, 0.2) is 0 Å². The molecule has 0 saturated heterocycles. The third kappa shape index (κ3) is 1.13. The zero-order valence-corrected chi connectivity index (χ0v) is 9.14. The van der Waals surface area contributed by atoms with Crippen LogP contribution in [-0.4, -0.2) is 12.1 Å². The Morgan fingerprint density at radius 3 is 2.21 bits per heavy atom. The molecule has 1 aromatic rings. The van der Waals surface area contributed by atoms with Crippen molar-refractivity contribution in [3.63, 3.8) is 0 Å². The van der Waals surface area contributed by atoms with Crippen LogP contribution in [0, 0.1) is 27.7 Å². The topological polar surface area (TPSA) is 29.5 Å². The Bertz CT molecular complexity index is 399. The highest BCUT2D eigenvalue weighted by Gasteiger charge is 2.31. The molecule has 1 aromatic carbocycles. The molecule has 1 aliphatic rings. The third-order valence-corrected chi connectivity index (χ3v) is 3.50. The maximum Gasteiger partial charge on any atom is 0.492 e. The summed E-state index contributed by atoms with van der Waals surface area (Å²) in [5.41, 5.74) is 7.20. The second-order valence-corrected chi connectivity index (χ2v) is 4.06. The molecule has 0 atom stereocenters. The van der Waals surface area contributed by atoms with Crippen molar-refractivity contribution in [2.24, 2.45) is 0 Å². The Balaban J connectivity index is 2.77. The van der Waals surface area contributed by atoms with Gasteiger partial charge in [0.25, 0.3) is 0 Å². The average molecular weight is 190 g/mol. The van der Waals surface area contributed by atoms with Gasteiger partial charge < -0.3 is 9.68 Å². The molecule has 0 aromatic heterocycles. The van der Waals surface area contributed by atoms with Gasteiger partial charge in [0.05, 0.1) is 6.61 Å². The highest BCUT2D eigenvalue weighted by molar-refractivity contribution is 6.62. The molecule has 0 fully saturated rings. The van der Waals surface area contributed by atoms with Gasteiger partial charge in [-0.15, -0.1) is 0 Å². The molecule has 0 bridgehead atoms. The van der Waals surface area contributed by atoms with E-state index >= 15 is 0 Å². The van der Waals surface area contributed by atoms with E-state index in [4.69, 9.17) is 4.65 Å². The number of rotatable bonds is 0. The smallest absolute Gasteiger partial charge is 0.423 e. The van der Waals surface area contributed by atoms with Gasteiger partial charge in [-0.05, 0) is 61.0 Å². The molecule has 1 heterocycles. The van der Waals surface area contributed by atoms with Crippen LogP contribution in [0.1, 0.15) is 27.8 Å². The summed E-state index contributed by atoms with van der Waals surface area (Å²) >= 11 is 0. The standard InChI is InChI=1S/C11H15BO2/c1-6-7(2)9(4)11-10(8(6)3)5-14-12(11)13/h13H,5H2,1-4H3. The van der Waals surface area contributed by atoms with Crippen molar-refractivity contribution in [3.8, 4) is 0 Å². The molecule has 1 aliphatic heterocycles. The van der Waals surface area contributed by atoms with Crippen LogP contribution < -0.4 is 5.46 Å². The Hall–Kier alpha value is -0.795. The van der Waals surface area contributed by atoms with Gasteiger partial charge in [-0.2, -0.15) is 0 Å². The van der Waals surface area contributed by atoms with Gasteiger partial charge in [0.15, 0.2) is 0 Å². The molecule has 0 amide bonds. The average Bonchev–Trinajstić information content (AvgIpc) is 2.54. The summed E-state index contributed by atoms with van der Waals surface area (Å²) in [5, 5.41) is 9.68. The molecule has 2 nitrogen and oxygen atoms in total. The maximum absolute atomic E-state index is 9.68. The van der Waals surface area contributed by atoms with Crippen LogP contribution >= 0.6 is 0 Å². The summed E-state index contributed by atoms with van der Waals surface area (Å²) in [6.45, 7) is 8.93. The van der Waals surface area contributed by atoms with Gasteiger partial charge >= 0.3 is 7.12 Å². The van der Waals surface area contributed by atoms with Gasteiger partial charge in [-0.3, -0.25) is 0 Å². The Labute approximate surface area is 85.1 Å². The molecule has 3 heteroatoms. The lowest BCUT2D eigenvalue weighted by Crippen LogP contribution is -2.31. The van der Waals surface area contributed by atoms with E-state index in [0.717, 1.165) is 5.46 Å². The first-order chi connectivity index (χ1) is 6.54. The molecule has 74 valence electrons. The molecule has 0 spiro atoms. The van der Waals surface area contributed by atoms with Crippen molar-refractivity contribution in [1.29, 1.82) is 0 Å². The quantitative estimate of drug-likeness (QED) is 0.621. The fraction of sp³-hybridized carbons (Fsp3) is 0.455. The number of hydrogen-bond donors (Lipinski definition) is 1. The van der Waals surface area contributed by atoms with Crippen molar-refractivity contribution in [3.05, 3.63) is 27.8 Å². The predicted octanol–water partition coefficient (Wildman–Crippen LogP) is 1.14. The van der Waals surface area contributed by atoms with Gasteiger partial charge in [0, 0.05) is 0 Å². The van der Waals surface area contributed by atoms with Crippen molar-refractivity contribution < 1.29 is 9.68 Å². The fourth-order valence-electron chi connectivity index (χ4n) is 2.19. The molecule has 2 rings (SSSR count). The first-order valence-corrected chi connectivity index (χ1v) is 4.92. The fourth-order valence-corrected chi connectivity index (χ4v) is 2.19. The molecule has 0 aliphatic carbocycles. The lowest BCUT2D eigenvalue weighted by atomic mass is 9.73. The van der Waals surface area contributed by atoms with E-state index in [1.54, 1.807) is 0 Å². The van der Waals surface area contributed by atoms with E-state index in [9.17, 15) is 5.02 Å². The van der Waals surface area contributed by atoms with Crippen molar-refractivity contribution >= 4 is 12.6 Å². The van der Waals surface area contributed by atoms with Crippen LogP contribution in [0.4, 0.5) is 0 Å². The summed E-state index contributed by atoms with van der Waals surface area (Å²) in [7, 11) is -0.719. The van der Waals surface area contributed by atoms with Crippen LogP contribution in [-0.2, 0) is 11.3 Å². The zero-order chi connectivity index (χ0) is 10.5. The van der Waals surface area contributed by atoms with Crippen LogP contribution in [0.3, 0.4) is 0 Å². The molecular weight excluding hydrogens is 175 g/mol. The second-order valence-electron chi connectivity index (χ2n) is 4.06. The van der Waals surface area contributed by atoms with E-state index in [0.29, 0.717) is 6.61 Å². The van der Waals surface area contributed by atoms with Crippen LogP contribution in [0.25, 0.3) is 0 Å². The van der Waals surface area contributed by atoms with Crippen molar-refractivity contribution in [2.45, 2.75) is 34.3 Å². The van der Waals surface area contributed by atoms with Gasteiger partial charge in [0.2, 0.25) is 0 Å². The molecule has 1 N–H and O–H groups in total. The summed E-state index contributed by atoms with van der Waals surface area (Å²) < 4.78 is 5.25. The predicted molar refractivity (Wildman–Crippen MR) is 57.8 cm³/mol. The zero-order valence-electron chi connectivity index (χ0n) is 9.14. The Morgan fingerprint density at radius 2 is 1.57 bits per heavy atom. The molecule has 0 unspecified atom stereocenters. The van der Waals surface area contributed by atoms with Gasteiger partial charge in [0.1, 0.15) is 0 Å². The van der Waals surface area contributed by atoms with Crippen LogP contribution in [0.2, 0.25) is 0 Å². The van der Waals surface area contributed by atoms with E-state index in [1.165, 1.54) is 27.8 Å². The van der Waals surface area contributed by atoms with Gasteiger partial charge in [-0.1, -0.05) is 0 Å². The maximum atomic E-state index is 9.68. The van der Waals surface area contributed by atoms with Crippen LogP contribution in [0.5, 0.6) is 0 Å².